The quantitative estimate of drug-likeness (QED) is 0.812. The third-order valence-electron chi connectivity index (χ3n) is 3.09. The molecule has 100 valence electrons. The summed E-state index contributed by atoms with van der Waals surface area (Å²) in [5.41, 5.74) is 0. The minimum absolute atomic E-state index is 0.0516. The fourth-order valence-electron chi connectivity index (χ4n) is 2.01. The van der Waals surface area contributed by atoms with Gasteiger partial charge in [-0.05, 0) is 18.6 Å². The van der Waals surface area contributed by atoms with Gasteiger partial charge in [0.15, 0.2) is 9.84 Å². The highest BCUT2D eigenvalue weighted by atomic mass is 32.2. The molecule has 0 radical (unpaired) electrons. The van der Waals surface area contributed by atoms with Crippen LogP contribution >= 0.6 is 0 Å². The van der Waals surface area contributed by atoms with Crippen LogP contribution in [0.5, 0.6) is 0 Å². The molecular formula is C11H15NO4S2. The van der Waals surface area contributed by atoms with Gasteiger partial charge in [-0.25, -0.2) is 16.8 Å². The smallest absolute Gasteiger partial charge is 0.229 e. The Hall–Kier alpha value is -0.920. The largest absolute Gasteiger partial charge is 0.243 e. The Morgan fingerprint density at radius 3 is 2.22 bits per heavy atom. The summed E-state index contributed by atoms with van der Waals surface area (Å²) in [6, 6.07) is 8.07. The Morgan fingerprint density at radius 2 is 1.72 bits per heavy atom. The van der Waals surface area contributed by atoms with E-state index in [1.54, 1.807) is 18.2 Å². The number of nitrogens with zero attached hydrogens (tertiary/aromatic N) is 1. The maximum Gasteiger partial charge on any atom is 0.243 e. The van der Waals surface area contributed by atoms with Crippen LogP contribution in [-0.2, 0) is 19.9 Å². The van der Waals surface area contributed by atoms with Gasteiger partial charge in [-0.1, -0.05) is 18.2 Å². The van der Waals surface area contributed by atoms with E-state index >= 15 is 0 Å². The Balaban J connectivity index is 2.25. The molecule has 1 aliphatic heterocycles. The van der Waals surface area contributed by atoms with Crippen LogP contribution in [-0.4, -0.2) is 45.7 Å². The van der Waals surface area contributed by atoms with E-state index in [9.17, 15) is 16.8 Å². The van der Waals surface area contributed by atoms with Gasteiger partial charge in [-0.15, -0.1) is 0 Å². The van der Waals surface area contributed by atoms with E-state index in [1.165, 1.54) is 16.4 Å². The molecule has 5 nitrogen and oxygen atoms in total. The molecule has 1 heterocycles. The first-order valence-corrected chi connectivity index (χ1v) is 8.95. The predicted octanol–water partition coefficient (Wildman–Crippen LogP) is 0.494. The van der Waals surface area contributed by atoms with E-state index in [0.717, 1.165) is 6.26 Å². The van der Waals surface area contributed by atoms with Crippen molar-refractivity contribution >= 4 is 19.9 Å². The van der Waals surface area contributed by atoms with Gasteiger partial charge in [0, 0.05) is 19.3 Å². The van der Waals surface area contributed by atoms with Crippen molar-refractivity contribution in [3.63, 3.8) is 0 Å². The molecule has 0 amide bonds. The van der Waals surface area contributed by atoms with Crippen LogP contribution in [0.15, 0.2) is 35.2 Å². The molecule has 1 atom stereocenters. The molecule has 2 rings (SSSR count). The summed E-state index contributed by atoms with van der Waals surface area (Å²) >= 11 is 0. The first kappa shape index (κ1) is 13.5. The van der Waals surface area contributed by atoms with Gasteiger partial charge in [0.2, 0.25) is 10.0 Å². The number of rotatable bonds is 3. The second kappa shape index (κ2) is 4.64. The summed E-state index contributed by atoms with van der Waals surface area (Å²) in [5.74, 6) is 0. The molecular weight excluding hydrogens is 274 g/mol. The molecule has 0 saturated carbocycles. The van der Waals surface area contributed by atoms with Gasteiger partial charge >= 0.3 is 0 Å². The molecule has 1 saturated heterocycles. The minimum Gasteiger partial charge on any atom is -0.229 e. The highest BCUT2D eigenvalue weighted by Crippen LogP contribution is 2.23. The average Bonchev–Trinajstić information content (AvgIpc) is 2.79. The van der Waals surface area contributed by atoms with Crippen LogP contribution in [0.4, 0.5) is 0 Å². The van der Waals surface area contributed by atoms with E-state index in [4.69, 9.17) is 0 Å². The van der Waals surface area contributed by atoms with Crippen molar-refractivity contribution in [2.45, 2.75) is 16.6 Å². The summed E-state index contributed by atoms with van der Waals surface area (Å²) in [7, 11) is -6.75. The van der Waals surface area contributed by atoms with Gasteiger partial charge in [-0.3, -0.25) is 0 Å². The fraction of sp³-hybridized carbons (Fsp3) is 0.455. The van der Waals surface area contributed by atoms with Crippen molar-refractivity contribution < 1.29 is 16.8 Å². The molecule has 0 unspecified atom stereocenters. The summed E-state index contributed by atoms with van der Waals surface area (Å²) in [6.07, 6.45) is 1.52. The Morgan fingerprint density at radius 1 is 1.11 bits per heavy atom. The molecule has 18 heavy (non-hydrogen) atoms. The van der Waals surface area contributed by atoms with E-state index in [2.05, 4.69) is 0 Å². The summed E-state index contributed by atoms with van der Waals surface area (Å²) in [5, 5.41) is -0.587. The van der Waals surface area contributed by atoms with Crippen LogP contribution in [0.2, 0.25) is 0 Å². The summed E-state index contributed by atoms with van der Waals surface area (Å²) in [6.45, 7) is 0.311. The summed E-state index contributed by atoms with van der Waals surface area (Å²) < 4.78 is 48.6. The topological polar surface area (TPSA) is 71.5 Å². The van der Waals surface area contributed by atoms with Crippen molar-refractivity contribution in [2.24, 2.45) is 0 Å². The number of hydrogen-bond acceptors (Lipinski definition) is 4. The number of sulfone groups is 1. The molecule has 1 aromatic rings. The second-order valence-corrected chi connectivity index (χ2v) is 8.68. The molecule has 0 aliphatic carbocycles. The first-order valence-electron chi connectivity index (χ1n) is 5.56. The zero-order chi connectivity index (χ0) is 13.4. The van der Waals surface area contributed by atoms with Crippen LogP contribution < -0.4 is 0 Å². The summed E-state index contributed by atoms with van der Waals surface area (Å²) in [4.78, 5) is 0.208. The molecule has 7 heteroatoms. The van der Waals surface area contributed by atoms with E-state index in [-0.39, 0.29) is 18.0 Å². The van der Waals surface area contributed by atoms with Gasteiger partial charge < -0.3 is 0 Å². The monoisotopic (exact) mass is 289 g/mol. The van der Waals surface area contributed by atoms with Crippen LogP contribution in [0.1, 0.15) is 6.42 Å². The second-order valence-electron chi connectivity index (χ2n) is 4.42. The third kappa shape index (κ3) is 2.57. The first-order chi connectivity index (χ1) is 8.32. The van der Waals surface area contributed by atoms with Crippen molar-refractivity contribution in [2.75, 3.05) is 19.3 Å². The Bertz CT molecular complexity index is 622. The molecule has 0 spiro atoms. The lowest BCUT2D eigenvalue weighted by Crippen LogP contribution is -2.31. The third-order valence-corrected chi connectivity index (χ3v) is 6.57. The molecule has 0 bridgehead atoms. The Kier molecular flexibility index (Phi) is 3.48. The standard InChI is InChI=1S/C11H15NO4S2/c1-17(13,14)11-7-8-12(9-11)18(15,16)10-5-3-2-4-6-10/h2-6,11H,7-9H2,1H3/t11-/m1/s1. The van der Waals surface area contributed by atoms with Crippen LogP contribution in [0.25, 0.3) is 0 Å². The van der Waals surface area contributed by atoms with Gasteiger partial charge in [0.1, 0.15) is 0 Å². The molecule has 0 aromatic heterocycles. The van der Waals surface area contributed by atoms with Crippen molar-refractivity contribution in [3.8, 4) is 0 Å². The fourth-order valence-corrected chi connectivity index (χ4v) is 4.61. The van der Waals surface area contributed by atoms with Gasteiger partial charge in [-0.2, -0.15) is 4.31 Å². The average molecular weight is 289 g/mol. The molecule has 0 N–H and O–H groups in total. The van der Waals surface area contributed by atoms with E-state index < -0.39 is 25.1 Å². The number of sulfonamides is 1. The van der Waals surface area contributed by atoms with E-state index in [0.29, 0.717) is 6.42 Å². The van der Waals surface area contributed by atoms with Gasteiger partial charge in [0.25, 0.3) is 0 Å². The molecule has 1 fully saturated rings. The normalized spacial score (nSPS) is 22.2. The number of hydrogen-bond donors (Lipinski definition) is 0. The van der Waals surface area contributed by atoms with Gasteiger partial charge in [0.05, 0.1) is 10.1 Å². The van der Waals surface area contributed by atoms with Crippen molar-refractivity contribution in [1.82, 2.24) is 4.31 Å². The highest BCUT2D eigenvalue weighted by molar-refractivity contribution is 7.91. The van der Waals surface area contributed by atoms with Crippen molar-refractivity contribution in [3.05, 3.63) is 30.3 Å². The maximum atomic E-state index is 12.2. The lowest BCUT2D eigenvalue weighted by atomic mass is 10.4. The molecule has 1 aromatic carbocycles. The lowest BCUT2D eigenvalue weighted by molar-refractivity contribution is 0.477. The zero-order valence-corrected chi connectivity index (χ0v) is 11.6. The zero-order valence-electron chi connectivity index (χ0n) is 9.98. The number of benzene rings is 1. The van der Waals surface area contributed by atoms with Crippen molar-refractivity contribution in [1.29, 1.82) is 0 Å². The Labute approximate surface area is 107 Å². The maximum absolute atomic E-state index is 12.2. The predicted molar refractivity (Wildman–Crippen MR) is 68.4 cm³/mol. The van der Waals surface area contributed by atoms with E-state index in [1.807, 2.05) is 0 Å². The lowest BCUT2D eigenvalue weighted by Gasteiger charge is -2.16. The SMILES string of the molecule is CS(=O)(=O)[C@@H]1CCN(S(=O)(=O)c2ccccc2)C1. The molecule has 1 aliphatic rings. The highest BCUT2D eigenvalue weighted by Gasteiger charge is 2.36. The van der Waals surface area contributed by atoms with Crippen LogP contribution in [0, 0.1) is 0 Å². The van der Waals surface area contributed by atoms with Crippen LogP contribution in [0.3, 0.4) is 0 Å². The minimum atomic E-state index is -3.56.